The molecular weight excluding hydrogens is 464 g/mol. The first-order valence-electron chi connectivity index (χ1n) is 9.32. The molecule has 0 saturated heterocycles. The normalized spacial score (nSPS) is 15.1. The van der Waals surface area contributed by atoms with Crippen molar-refractivity contribution < 1.29 is 19.0 Å². The Bertz CT molecular complexity index is 1260. The van der Waals surface area contributed by atoms with Crippen LogP contribution in [0.3, 0.4) is 0 Å². The van der Waals surface area contributed by atoms with Crippen molar-refractivity contribution >= 4 is 15.9 Å². The molecule has 4 rings (SSSR count). The zero-order chi connectivity index (χ0) is 22.0. The molecule has 3 N–H and O–H groups in total. The van der Waals surface area contributed by atoms with Gasteiger partial charge in [-0.25, -0.2) is 0 Å². The van der Waals surface area contributed by atoms with E-state index in [0.29, 0.717) is 17.9 Å². The molecule has 1 unspecified atom stereocenters. The van der Waals surface area contributed by atoms with E-state index >= 15 is 0 Å². The fraction of sp³-hybridized carbons (Fsp3) is 0.130. The summed E-state index contributed by atoms with van der Waals surface area (Å²) in [5.74, 6) is -0.274. The van der Waals surface area contributed by atoms with Crippen molar-refractivity contribution in [2.45, 2.75) is 19.1 Å². The number of aliphatic hydroxyl groups is 1. The number of hydrogen-bond acceptors (Lipinski definition) is 7. The van der Waals surface area contributed by atoms with E-state index in [2.05, 4.69) is 15.9 Å². The Morgan fingerprint density at radius 2 is 1.97 bits per heavy atom. The van der Waals surface area contributed by atoms with Crippen LogP contribution in [0.2, 0.25) is 0 Å². The highest BCUT2D eigenvalue weighted by Crippen LogP contribution is 2.41. The van der Waals surface area contributed by atoms with Crippen LogP contribution in [0.5, 0.6) is 11.5 Å². The molecular formula is C23H17BrN2O5. The Morgan fingerprint density at radius 3 is 2.68 bits per heavy atom. The van der Waals surface area contributed by atoms with Gasteiger partial charge in [0.2, 0.25) is 17.1 Å². The Balaban J connectivity index is 1.72. The highest BCUT2D eigenvalue weighted by atomic mass is 79.9. The number of benzene rings is 2. The number of aliphatic hydroxyl groups excluding tert-OH is 1. The van der Waals surface area contributed by atoms with E-state index in [1.807, 2.05) is 30.3 Å². The molecule has 0 amide bonds. The van der Waals surface area contributed by atoms with Gasteiger partial charge < -0.3 is 24.7 Å². The number of nitrogens with two attached hydrogens (primary N) is 1. The molecule has 0 radical (unpaired) electrons. The molecule has 1 aliphatic heterocycles. The number of nitrogens with zero attached hydrogens (tertiary/aromatic N) is 1. The summed E-state index contributed by atoms with van der Waals surface area (Å²) in [6, 6.07) is 18.1. The number of allylic oxidation sites excluding steroid dienone is 1. The molecule has 0 spiro atoms. The van der Waals surface area contributed by atoms with Crippen LogP contribution in [0.25, 0.3) is 0 Å². The second-order valence-electron chi connectivity index (χ2n) is 6.84. The third kappa shape index (κ3) is 4.19. The lowest BCUT2D eigenvalue weighted by Gasteiger charge is -2.25. The maximum atomic E-state index is 12.4. The summed E-state index contributed by atoms with van der Waals surface area (Å²) < 4.78 is 18.0. The quantitative estimate of drug-likeness (QED) is 0.571. The lowest BCUT2D eigenvalue weighted by Crippen LogP contribution is -2.25. The fourth-order valence-electron chi connectivity index (χ4n) is 3.33. The SMILES string of the molecule is N#CC1=C(N)Oc2c(oc(CO)cc2=O)C1c1cccc(OCc2ccc(Br)cc2)c1. The topological polar surface area (TPSA) is 119 Å². The van der Waals surface area contributed by atoms with Crippen molar-refractivity contribution in [3.8, 4) is 17.6 Å². The van der Waals surface area contributed by atoms with Gasteiger partial charge in [-0.3, -0.25) is 4.79 Å². The van der Waals surface area contributed by atoms with Crippen molar-refractivity contribution in [2.75, 3.05) is 0 Å². The highest BCUT2D eigenvalue weighted by Gasteiger charge is 2.35. The molecule has 3 aromatic rings. The van der Waals surface area contributed by atoms with Crippen molar-refractivity contribution in [3.63, 3.8) is 0 Å². The van der Waals surface area contributed by atoms with Crippen LogP contribution >= 0.6 is 15.9 Å². The van der Waals surface area contributed by atoms with Crippen molar-refractivity contribution in [3.05, 3.63) is 103 Å². The van der Waals surface area contributed by atoms with Crippen molar-refractivity contribution in [1.29, 1.82) is 5.26 Å². The Labute approximate surface area is 186 Å². The molecule has 1 aromatic heterocycles. The smallest absolute Gasteiger partial charge is 0.228 e. The number of rotatable bonds is 5. The number of ether oxygens (including phenoxy) is 2. The molecule has 156 valence electrons. The van der Waals surface area contributed by atoms with E-state index < -0.39 is 18.0 Å². The van der Waals surface area contributed by atoms with E-state index in [4.69, 9.17) is 19.6 Å². The average molecular weight is 481 g/mol. The molecule has 31 heavy (non-hydrogen) atoms. The fourth-order valence-corrected chi connectivity index (χ4v) is 3.59. The number of fused-ring (bicyclic) bond motifs is 1. The molecule has 0 aliphatic carbocycles. The summed E-state index contributed by atoms with van der Waals surface area (Å²) in [6.45, 7) is -0.111. The summed E-state index contributed by atoms with van der Waals surface area (Å²) in [7, 11) is 0. The predicted molar refractivity (Wildman–Crippen MR) is 115 cm³/mol. The van der Waals surface area contributed by atoms with Crippen LogP contribution in [-0.2, 0) is 13.2 Å². The lowest BCUT2D eigenvalue weighted by atomic mass is 9.87. The minimum absolute atomic E-state index is 0.0674. The maximum Gasteiger partial charge on any atom is 0.228 e. The van der Waals surface area contributed by atoms with E-state index in [0.717, 1.165) is 16.1 Å². The first-order valence-corrected chi connectivity index (χ1v) is 10.1. The molecule has 2 aromatic carbocycles. The molecule has 1 atom stereocenters. The van der Waals surface area contributed by atoms with Gasteiger partial charge in [0.25, 0.3) is 0 Å². The van der Waals surface area contributed by atoms with Crippen molar-refractivity contribution in [2.24, 2.45) is 5.73 Å². The molecule has 1 aliphatic rings. The minimum atomic E-state index is -0.774. The zero-order valence-electron chi connectivity index (χ0n) is 16.2. The van der Waals surface area contributed by atoms with Crippen LogP contribution in [0, 0.1) is 11.3 Å². The van der Waals surface area contributed by atoms with Crippen LogP contribution in [-0.4, -0.2) is 5.11 Å². The van der Waals surface area contributed by atoms with E-state index in [-0.39, 0.29) is 28.7 Å². The van der Waals surface area contributed by atoms with E-state index in [1.54, 1.807) is 24.3 Å². The van der Waals surface area contributed by atoms with Gasteiger partial charge in [-0.05, 0) is 35.4 Å². The number of halogens is 1. The largest absolute Gasteiger partial charge is 0.489 e. The summed E-state index contributed by atoms with van der Waals surface area (Å²) >= 11 is 3.40. The lowest BCUT2D eigenvalue weighted by molar-refractivity contribution is 0.231. The predicted octanol–water partition coefficient (Wildman–Crippen LogP) is 3.69. The third-order valence-corrected chi connectivity index (χ3v) is 5.32. The second-order valence-corrected chi connectivity index (χ2v) is 7.76. The van der Waals surface area contributed by atoms with Gasteiger partial charge in [0.05, 0.1) is 5.92 Å². The monoisotopic (exact) mass is 480 g/mol. The molecule has 0 saturated carbocycles. The van der Waals surface area contributed by atoms with Crippen LogP contribution < -0.4 is 20.6 Å². The standard InChI is InChI=1S/C23H17BrN2O5/c24-15-6-4-13(5-7-15)12-29-16-3-1-2-14(8-16)20-18(10-25)23(26)31-21-19(28)9-17(11-27)30-22(20)21/h1-9,20,27H,11-12,26H2. The number of hydrogen-bond donors (Lipinski definition) is 2. The van der Waals surface area contributed by atoms with Crippen LogP contribution in [0.15, 0.2) is 79.7 Å². The van der Waals surface area contributed by atoms with E-state index in [9.17, 15) is 15.2 Å². The minimum Gasteiger partial charge on any atom is -0.489 e. The molecule has 7 nitrogen and oxygen atoms in total. The first-order chi connectivity index (χ1) is 15.0. The Kier molecular flexibility index (Phi) is 5.80. The Morgan fingerprint density at radius 1 is 1.19 bits per heavy atom. The van der Waals surface area contributed by atoms with Gasteiger partial charge in [0.15, 0.2) is 5.76 Å². The molecule has 2 heterocycles. The summed E-state index contributed by atoms with van der Waals surface area (Å²) in [4.78, 5) is 12.4. The maximum absolute atomic E-state index is 12.4. The van der Waals surface area contributed by atoms with Gasteiger partial charge in [-0.1, -0.05) is 40.2 Å². The van der Waals surface area contributed by atoms with E-state index in [1.165, 1.54) is 0 Å². The zero-order valence-corrected chi connectivity index (χ0v) is 17.8. The third-order valence-electron chi connectivity index (χ3n) is 4.80. The Hall–Kier alpha value is -3.54. The van der Waals surface area contributed by atoms with Gasteiger partial charge in [0.1, 0.15) is 36.4 Å². The summed E-state index contributed by atoms with van der Waals surface area (Å²) in [5, 5.41) is 19.1. The highest BCUT2D eigenvalue weighted by molar-refractivity contribution is 9.10. The molecule has 8 heteroatoms. The second kappa shape index (κ2) is 8.68. The molecule has 0 fully saturated rings. The van der Waals surface area contributed by atoms with Crippen LogP contribution in [0.1, 0.15) is 28.6 Å². The van der Waals surface area contributed by atoms with Gasteiger partial charge >= 0.3 is 0 Å². The van der Waals surface area contributed by atoms with Gasteiger partial charge in [0, 0.05) is 10.5 Å². The van der Waals surface area contributed by atoms with Crippen molar-refractivity contribution in [1.82, 2.24) is 0 Å². The average Bonchev–Trinajstić information content (AvgIpc) is 2.78. The number of nitriles is 1. The van der Waals surface area contributed by atoms with Gasteiger partial charge in [-0.15, -0.1) is 0 Å². The van der Waals surface area contributed by atoms with Crippen LogP contribution in [0.4, 0.5) is 0 Å². The molecule has 0 bridgehead atoms. The summed E-state index contributed by atoms with van der Waals surface area (Å²) in [6.07, 6.45) is 0. The first kappa shape index (κ1) is 20.7. The summed E-state index contributed by atoms with van der Waals surface area (Å²) in [5.41, 5.74) is 7.17. The van der Waals surface area contributed by atoms with Gasteiger partial charge in [-0.2, -0.15) is 5.26 Å².